The summed E-state index contributed by atoms with van der Waals surface area (Å²) >= 11 is 1.52. The lowest BCUT2D eigenvalue weighted by molar-refractivity contribution is -0.130. The van der Waals surface area contributed by atoms with Crippen molar-refractivity contribution in [3.05, 3.63) is 21.9 Å². The summed E-state index contributed by atoms with van der Waals surface area (Å²) in [5.74, 6) is -1.38. The van der Waals surface area contributed by atoms with Gasteiger partial charge >= 0.3 is 0 Å². The Hall–Kier alpha value is -1.97. The summed E-state index contributed by atoms with van der Waals surface area (Å²) in [7, 11) is 4.44. The highest BCUT2D eigenvalue weighted by molar-refractivity contribution is 7.12. The molecular formula is C14H27N5O3S. The van der Waals surface area contributed by atoms with Crippen LogP contribution in [0.5, 0.6) is 0 Å². The van der Waals surface area contributed by atoms with Gasteiger partial charge in [0, 0.05) is 16.8 Å². The Bertz CT molecular complexity index is 491. The number of nitrogens with one attached hydrogen (secondary N) is 2. The molecule has 0 bridgehead atoms. The molecule has 8 N–H and O–H groups in total. The minimum absolute atomic E-state index is 0.185. The number of hydrogen-bond acceptors (Lipinski definition) is 6. The number of rotatable bonds is 6. The van der Waals surface area contributed by atoms with Crippen molar-refractivity contribution >= 4 is 29.1 Å². The molecule has 1 atom stereocenters. The van der Waals surface area contributed by atoms with Crippen molar-refractivity contribution in [1.82, 2.24) is 10.6 Å². The number of likely N-dealkylation sites (N-methyl/N-ethyl adjacent to an activating group) is 1. The Balaban J connectivity index is 0. The fourth-order valence-corrected chi connectivity index (χ4v) is 2.46. The van der Waals surface area contributed by atoms with Crippen LogP contribution in [0.4, 0.5) is 0 Å². The van der Waals surface area contributed by atoms with Gasteiger partial charge in [0.05, 0.1) is 12.8 Å². The highest BCUT2D eigenvalue weighted by Crippen LogP contribution is 2.15. The Morgan fingerprint density at radius 1 is 1.17 bits per heavy atom. The lowest BCUT2D eigenvalue weighted by Crippen LogP contribution is -2.48. The lowest BCUT2D eigenvalue weighted by Gasteiger charge is -2.15. The third-order valence-electron chi connectivity index (χ3n) is 2.43. The van der Waals surface area contributed by atoms with Crippen molar-refractivity contribution in [3.63, 3.8) is 0 Å². The molecule has 0 fully saturated rings. The molecule has 3 amide bonds. The van der Waals surface area contributed by atoms with Crippen LogP contribution in [0.15, 0.2) is 12.1 Å². The van der Waals surface area contributed by atoms with Crippen LogP contribution in [-0.2, 0) is 20.8 Å². The molecule has 1 heterocycles. The summed E-state index contributed by atoms with van der Waals surface area (Å²) in [6.45, 7) is 1.95. The Morgan fingerprint density at radius 3 is 2.13 bits per heavy atom. The summed E-state index contributed by atoms with van der Waals surface area (Å²) < 4.78 is 0. The second kappa shape index (κ2) is 13.7. The number of aryl methyl sites for hydroxylation is 1. The summed E-state index contributed by atoms with van der Waals surface area (Å²) in [5.41, 5.74) is 14.0. The first-order valence-corrected chi connectivity index (χ1v) is 7.74. The van der Waals surface area contributed by atoms with Crippen molar-refractivity contribution in [1.29, 1.82) is 0 Å². The fourth-order valence-electron chi connectivity index (χ4n) is 1.57. The lowest BCUT2D eigenvalue weighted by atomic mass is 10.1. The number of nitrogens with two attached hydrogens (primary N) is 3. The fraction of sp³-hybridized carbons (Fsp3) is 0.500. The largest absolute Gasteiger partial charge is 0.370 e. The van der Waals surface area contributed by atoms with Crippen LogP contribution in [0.3, 0.4) is 0 Å². The van der Waals surface area contributed by atoms with Gasteiger partial charge in [-0.15, -0.1) is 11.3 Å². The molecular weight excluding hydrogens is 318 g/mol. The summed E-state index contributed by atoms with van der Waals surface area (Å²) in [6, 6.07) is 2.87. The van der Waals surface area contributed by atoms with E-state index >= 15 is 0 Å². The zero-order valence-corrected chi connectivity index (χ0v) is 14.8. The molecule has 0 unspecified atom stereocenters. The maximum absolute atomic E-state index is 11.8. The van der Waals surface area contributed by atoms with E-state index in [2.05, 4.69) is 22.1 Å². The van der Waals surface area contributed by atoms with Crippen LogP contribution >= 0.6 is 11.3 Å². The molecule has 132 valence electrons. The molecule has 0 aliphatic heterocycles. The molecule has 8 nitrogen and oxygen atoms in total. The van der Waals surface area contributed by atoms with Crippen LogP contribution in [0.25, 0.3) is 0 Å². The molecule has 0 saturated carbocycles. The molecule has 0 aliphatic carbocycles. The zero-order valence-electron chi connectivity index (χ0n) is 14.0. The minimum Gasteiger partial charge on any atom is -0.370 e. The minimum atomic E-state index is -0.920. The van der Waals surface area contributed by atoms with Gasteiger partial charge in [-0.05, 0) is 33.2 Å². The van der Waals surface area contributed by atoms with E-state index in [4.69, 9.17) is 5.73 Å². The molecule has 0 radical (unpaired) electrons. The SMILES string of the molecule is CN.CN.CNC(=O)[C@H](CC(N)=O)NC(=O)Cc1ccc(C)s1. The number of hydrogen-bond donors (Lipinski definition) is 5. The first-order chi connectivity index (χ1) is 10.9. The maximum atomic E-state index is 11.8. The molecule has 1 aromatic heterocycles. The summed E-state index contributed by atoms with van der Waals surface area (Å²) in [6.07, 6.45) is -0.0281. The smallest absolute Gasteiger partial charge is 0.242 e. The van der Waals surface area contributed by atoms with Gasteiger partial charge in [-0.25, -0.2) is 0 Å². The maximum Gasteiger partial charge on any atom is 0.242 e. The first kappa shape index (κ1) is 23.3. The third-order valence-corrected chi connectivity index (χ3v) is 3.43. The van der Waals surface area contributed by atoms with Gasteiger partial charge in [0.1, 0.15) is 6.04 Å². The van der Waals surface area contributed by atoms with Crippen LogP contribution in [0.2, 0.25) is 0 Å². The van der Waals surface area contributed by atoms with Crippen molar-refractivity contribution in [2.45, 2.75) is 25.8 Å². The highest BCUT2D eigenvalue weighted by Gasteiger charge is 2.21. The van der Waals surface area contributed by atoms with Crippen molar-refractivity contribution in [3.8, 4) is 0 Å². The van der Waals surface area contributed by atoms with Gasteiger partial charge in [-0.3, -0.25) is 14.4 Å². The number of carbonyl (C=O) groups excluding carboxylic acids is 3. The van der Waals surface area contributed by atoms with E-state index in [1.54, 1.807) is 0 Å². The second-order valence-electron chi connectivity index (χ2n) is 4.09. The Labute approximate surface area is 140 Å². The molecule has 1 rings (SSSR count). The van der Waals surface area contributed by atoms with E-state index in [0.717, 1.165) is 9.75 Å². The number of primary amides is 1. The highest BCUT2D eigenvalue weighted by atomic mass is 32.1. The number of thiophene rings is 1. The van der Waals surface area contributed by atoms with Crippen LogP contribution in [0, 0.1) is 6.92 Å². The molecule has 23 heavy (non-hydrogen) atoms. The first-order valence-electron chi connectivity index (χ1n) is 6.92. The molecule has 0 aliphatic rings. The standard InChI is InChI=1S/C12H17N3O3S.2CH5N/c1-7-3-4-8(19-7)5-11(17)15-9(6-10(13)16)12(18)14-2;2*1-2/h3-4,9H,5-6H2,1-2H3,(H2,13,16)(H,14,18)(H,15,17);2*2H2,1H3/t9-;;/m0../s1. The average Bonchev–Trinajstić information content (AvgIpc) is 2.94. The van der Waals surface area contributed by atoms with E-state index < -0.39 is 17.9 Å². The molecule has 0 saturated heterocycles. The van der Waals surface area contributed by atoms with Gasteiger partial charge in [-0.2, -0.15) is 0 Å². The summed E-state index contributed by atoms with van der Waals surface area (Å²) in [5, 5.41) is 4.90. The number of carbonyl (C=O) groups is 3. The predicted molar refractivity (Wildman–Crippen MR) is 92.8 cm³/mol. The normalized spacial score (nSPS) is 10.2. The quantitative estimate of drug-likeness (QED) is 0.441. The summed E-state index contributed by atoms with van der Waals surface area (Å²) in [4.78, 5) is 36.2. The van der Waals surface area contributed by atoms with E-state index in [0.29, 0.717) is 0 Å². The van der Waals surface area contributed by atoms with E-state index in [1.807, 2.05) is 19.1 Å². The van der Waals surface area contributed by atoms with Crippen molar-refractivity contribution in [2.24, 2.45) is 17.2 Å². The Kier molecular flexibility index (Phi) is 13.9. The predicted octanol–water partition coefficient (Wildman–Crippen LogP) is -1.14. The van der Waals surface area contributed by atoms with Gasteiger partial charge in [0.2, 0.25) is 17.7 Å². The van der Waals surface area contributed by atoms with Crippen molar-refractivity contribution in [2.75, 3.05) is 21.1 Å². The molecule has 9 heteroatoms. The van der Waals surface area contributed by atoms with Crippen molar-refractivity contribution < 1.29 is 14.4 Å². The zero-order chi connectivity index (χ0) is 18.4. The molecule has 0 aromatic carbocycles. The van der Waals surface area contributed by atoms with Crippen LogP contribution in [0.1, 0.15) is 16.2 Å². The van der Waals surface area contributed by atoms with Gasteiger partial charge < -0.3 is 27.8 Å². The third kappa shape index (κ3) is 10.4. The number of amides is 3. The topological polar surface area (TPSA) is 153 Å². The van der Waals surface area contributed by atoms with Gasteiger partial charge in [0.25, 0.3) is 0 Å². The van der Waals surface area contributed by atoms with E-state index in [1.165, 1.54) is 32.5 Å². The van der Waals surface area contributed by atoms with Gasteiger partial charge in [-0.1, -0.05) is 0 Å². The molecule has 0 spiro atoms. The van der Waals surface area contributed by atoms with E-state index in [9.17, 15) is 14.4 Å². The monoisotopic (exact) mass is 345 g/mol. The van der Waals surface area contributed by atoms with E-state index in [-0.39, 0.29) is 18.7 Å². The van der Waals surface area contributed by atoms with Gasteiger partial charge in [0.15, 0.2) is 0 Å². The Morgan fingerprint density at radius 2 is 1.74 bits per heavy atom. The van der Waals surface area contributed by atoms with Crippen LogP contribution < -0.4 is 27.8 Å². The molecule has 1 aromatic rings. The van der Waals surface area contributed by atoms with Crippen LogP contribution in [-0.4, -0.2) is 44.9 Å². The average molecular weight is 345 g/mol. The second-order valence-corrected chi connectivity index (χ2v) is 5.47.